The van der Waals surface area contributed by atoms with E-state index in [1.54, 1.807) is 0 Å². The number of hydrogen-bond acceptors (Lipinski definition) is 3. The van der Waals surface area contributed by atoms with Crippen molar-refractivity contribution in [1.82, 2.24) is 15.1 Å². The van der Waals surface area contributed by atoms with Crippen LogP contribution >= 0.6 is 0 Å². The van der Waals surface area contributed by atoms with Crippen molar-refractivity contribution in [3.05, 3.63) is 0 Å². The summed E-state index contributed by atoms with van der Waals surface area (Å²) in [5, 5.41) is 3.16. The van der Waals surface area contributed by atoms with Crippen molar-refractivity contribution in [3.8, 4) is 0 Å². The van der Waals surface area contributed by atoms with Crippen molar-refractivity contribution in [2.75, 3.05) is 40.8 Å². The highest BCUT2D eigenvalue weighted by molar-refractivity contribution is 5.79. The molecule has 0 aromatic carbocycles. The maximum absolute atomic E-state index is 11.8. The normalized spacial score (nSPS) is 26.7. The second-order valence-corrected chi connectivity index (χ2v) is 4.65. The van der Waals surface area contributed by atoms with Crippen molar-refractivity contribution in [2.45, 2.75) is 19.4 Å². The molecule has 1 N–H and O–H groups in total. The Morgan fingerprint density at radius 2 is 2.20 bits per heavy atom. The highest BCUT2D eigenvalue weighted by Gasteiger charge is 2.35. The second kappa shape index (κ2) is 5.47. The zero-order chi connectivity index (χ0) is 11.4. The first-order chi connectivity index (χ1) is 7.06. The second-order valence-electron chi connectivity index (χ2n) is 4.65. The largest absolute Gasteiger partial charge is 0.338 e. The molecule has 1 heterocycles. The number of hydrogen-bond donors (Lipinski definition) is 1. The molecule has 4 heteroatoms. The van der Waals surface area contributed by atoms with Gasteiger partial charge in [-0.25, -0.2) is 0 Å². The number of rotatable bonds is 5. The molecule has 1 aliphatic rings. The lowest BCUT2D eigenvalue weighted by molar-refractivity contribution is -0.128. The van der Waals surface area contributed by atoms with E-state index in [1.807, 2.05) is 26.0 Å². The fourth-order valence-electron chi connectivity index (χ4n) is 2.13. The molecule has 15 heavy (non-hydrogen) atoms. The number of amides is 1. The molecule has 0 aliphatic carbocycles. The number of likely N-dealkylation sites (tertiary alicyclic amines) is 1. The lowest BCUT2D eigenvalue weighted by atomic mass is 10.0. The third-order valence-electron chi connectivity index (χ3n) is 3.19. The van der Waals surface area contributed by atoms with Crippen LogP contribution < -0.4 is 5.32 Å². The monoisotopic (exact) mass is 213 g/mol. The van der Waals surface area contributed by atoms with Crippen LogP contribution in [0.3, 0.4) is 0 Å². The van der Waals surface area contributed by atoms with Gasteiger partial charge in [-0.3, -0.25) is 4.79 Å². The van der Waals surface area contributed by atoms with Gasteiger partial charge in [0.2, 0.25) is 5.91 Å². The van der Waals surface area contributed by atoms with Crippen LogP contribution in [-0.2, 0) is 4.79 Å². The van der Waals surface area contributed by atoms with Crippen molar-refractivity contribution in [3.63, 3.8) is 0 Å². The lowest BCUT2D eigenvalue weighted by Crippen LogP contribution is -2.39. The number of carbonyl (C=O) groups excluding carboxylic acids is 1. The molecule has 0 radical (unpaired) electrons. The highest BCUT2D eigenvalue weighted by Crippen LogP contribution is 2.24. The highest BCUT2D eigenvalue weighted by atomic mass is 16.2. The molecule has 1 aliphatic heterocycles. The molecule has 1 rings (SSSR count). The number of carbonyl (C=O) groups is 1. The summed E-state index contributed by atoms with van der Waals surface area (Å²) in [5.74, 6) is 0.786. The minimum atomic E-state index is 0.310. The van der Waals surface area contributed by atoms with Crippen molar-refractivity contribution >= 4 is 5.91 Å². The predicted molar refractivity (Wildman–Crippen MR) is 61.8 cm³/mol. The van der Waals surface area contributed by atoms with Gasteiger partial charge >= 0.3 is 0 Å². The molecule has 2 unspecified atom stereocenters. The molecular formula is C11H23N3O. The zero-order valence-corrected chi connectivity index (χ0v) is 10.3. The summed E-state index contributed by atoms with van der Waals surface area (Å²) in [6.07, 6.45) is 0.704. The summed E-state index contributed by atoms with van der Waals surface area (Å²) in [6.45, 7) is 4.89. The van der Waals surface area contributed by atoms with Crippen LogP contribution in [-0.4, -0.2) is 62.5 Å². The first-order valence-corrected chi connectivity index (χ1v) is 5.65. The van der Waals surface area contributed by atoms with Crippen molar-refractivity contribution in [2.24, 2.45) is 5.92 Å². The van der Waals surface area contributed by atoms with E-state index in [1.165, 1.54) is 0 Å². The van der Waals surface area contributed by atoms with E-state index in [-0.39, 0.29) is 0 Å². The van der Waals surface area contributed by atoms with Gasteiger partial charge in [-0.05, 0) is 28.1 Å². The van der Waals surface area contributed by atoms with E-state index in [9.17, 15) is 4.79 Å². The average Bonchev–Trinajstić information content (AvgIpc) is 2.40. The smallest absolute Gasteiger partial charge is 0.223 e. The van der Waals surface area contributed by atoms with Crippen LogP contribution in [0.4, 0.5) is 0 Å². The van der Waals surface area contributed by atoms with Crippen molar-refractivity contribution in [1.29, 1.82) is 0 Å². The van der Waals surface area contributed by atoms with Crippen LogP contribution in [0.5, 0.6) is 0 Å². The fourth-order valence-corrected chi connectivity index (χ4v) is 2.13. The van der Waals surface area contributed by atoms with Gasteiger partial charge in [0.15, 0.2) is 0 Å². The topological polar surface area (TPSA) is 35.6 Å². The van der Waals surface area contributed by atoms with Gasteiger partial charge in [-0.2, -0.15) is 0 Å². The van der Waals surface area contributed by atoms with E-state index in [2.05, 4.69) is 17.1 Å². The summed E-state index contributed by atoms with van der Waals surface area (Å²) in [7, 11) is 6.02. The molecule has 0 spiro atoms. The lowest BCUT2D eigenvalue weighted by Gasteiger charge is -2.26. The Morgan fingerprint density at radius 1 is 1.53 bits per heavy atom. The minimum absolute atomic E-state index is 0.310. The summed E-state index contributed by atoms with van der Waals surface area (Å²) < 4.78 is 0. The first-order valence-electron chi connectivity index (χ1n) is 5.65. The maximum Gasteiger partial charge on any atom is 0.223 e. The molecule has 1 fully saturated rings. The Morgan fingerprint density at radius 3 is 2.73 bits per heavy atom. The van der Waals surface area contributed by atoms with Gasteiger partial charge in [-0.1, -0.05) is 0 Å². The van der Waals surface area contributed by atoms with Gasteiger partial charge in [0, 0.05) is 38.0 Å². The Hall–Kier alpha value is -0.610. The quantitative estimate of drug-likeness (QED) is 0.698. The van der Waals surface area contributed by atoms with Crippen LogP contribution in [0.15, 0.2) is 0 Å². The number of nitrogens with zero attached hydrogens (tertiary/aromatic N) is 2. The van der Waals surface area contributed by atoms with E-state index in [4.69, 9.17) is 0 Å². The summed E-state index contributed by atoms with van der Waals surface area (Å²) >= 11 is 0. The van der Waals surface area contributed by atoms with Gasteiger partial charge in [-0.15, -0.1) is 0 Å². The van der Waals surface area contributed by atoms with E-state index >= 15 is 0 Å². The summed E-state index contributed by atoms with van der Waals surface area (Å²) in [5.41, 5.74) is 0. The van der Waals surface area contributed by atoms with E-state index in [0.29, 0.717) is 24.3 Å². The number of likely N-dealkylation sites (N-methyl/N-ethyl adjacent to an activating group) is 1. The molecule has 4 nitrogen and oxygen atoms in total. The molecule has 88 valence electrons. The standard InChI is InChI=1S/C11H23N3O/c1-9-10(8-12-2)7-11(15)14(9)6-5-13(3)4/h9-10,12H,5-8H2,1-4H3. The predicted octanol–water partition coefficient (Wildman–Crippen LogP) is 0.00440. The maximum atomic E-state index is 11.8. The molecule has 0 bridgehead atoms. The molecule has 1 saturated heterocycles. The van der Waals surface area contributed by atoms with Crippen LogP contribution in [0.1, 0.15) is 13.3 Å². The van der Waals surface area contributed by atoms with Gasteiger partial charge in [0.05, 0.1) is 0 Å². The molecule has 1 amide bonds. The van der Waals surface area contributed by atoms with E-state index in [0.717, 1.165) is 19.6 Å². The molecule has 0 aromatic heterocycles. The Kier molecular flexibility index (Phi) is 4.54. The third-order valence-corrected chi connectivity index (χ3v) is 3.19. The summed E-state index contributed by atoms with van der Waals surface area (Å²) in [6, 6.07) is 0.380. The third kappa shape index (κ3) is 3.18. The minimum Gasteiger partial charge on any atom is -0.338 e. The fraction of sp³-hybridized carbons (Fsp3) is 0.909. The van der Waals surface area contributed by atoms with E-state index < -0.39 is 0 Å². The zero-order valence-electron chi connectivity index (χ0n) is 10.3. The average molecular weight is 213 g/mol. The Bertz CT molecular complexity index is 218. The molecule has 0 aromatic rings. The summed E-state index contributed by atoms with van der Waals surface area (Å²) in [4.78, 5) is 15.9. The molecule has 0 saturated carbocycles. The van der Waals surface area contributed by atoms with Gasteiger partial charge in [0.1, 0.15) is 0 Å². The van der Waals surface area contributed by atoms with Crippen molar-refractivity contribution < 1.29 is 4.79 Å². The van der Waals surface area contributed by atoms with Crippen LogP contribution in [0.25, 0.3) is 0 Å². The Labute approximate surface area is 92.6 Å². The molecule has 2 atom stereocenters. The van der Waals surface area contributed by atoms with Gasteiger partial charge < -0.3 is 15.1 Å². The van der Waals surface area contributed by atoms with Crippen LogP contribution in [0, 0.1) is 5.92 Å². The van der Waals surface area contributed by atoms with Gasteiger partial charge in [0.25, 0.3) is 0 Å². The first kappa shape index (κ1) is 12.5. The Balaban J connectivity index is 2.47. The van der Waals surface area contributed by atoms with Crippen LogP contribution in [0.2, 0.25) is 0 Å². The SMILES string of the molecule is CNCC1CC(=O)N(CCN(C)C)C1C. The molecular weight excluding hydrogens is 190 g/mol. The number of nitrogens with one attached hydrogen (secondary N) is 1.